The Morgan fingerprint density at radius 1 is 1.41 bits per heavy atom. The van der Waals surface area contributed by atoms with Gasteiger partial charge in [-0.1, -0.05) is 12.2 Å². The van der Waals surface area contributed by atoms with Gasteiger partial charge in [-0.15, -0.1) is 0 Å². The van der Waals surface area contributed by atoms with E-state index in [1.807, 2.05) is 37.5 Å². The molecule has 0 radical (unpaired) electrons. The summed E-state index contributed by atoms with van der Waals surface area (Å²) in [6, 6.07) is 7.40. The fourth-order valence-corrected chi connectivity index (χ4v) is 1.56. The van der Waals surface area contributed by atoms with Crippen LogP contribution in [0.1, 0.15) is 11.1 Å². The van der Waals surface area contributed by atoms with Crippen LogP contribution in [0.5, 0.6) is 5.75 Å². The lowest BCUT2D eigenvalue weighted by Crippen LogP contribution is -2.08. The quantitative estimate of drug-likeness (QED) is 0.834. The van der Waals surface area contributed by atoms with Crippen molar-refractivity contribution in [2.45, 2.75) is 6.61 Å². The first kappa shape index (κ1) is 11.6. The maximum atomic E-state index is 5.60. The highest BCUT2D eigenvalue weighted by molar-refractivity contribution is 7.80. The van der Waals surface area contributed by atoms with Crippen molar-refractivity contribution >= 4 is 17.2 Å². The molecular formula is C12H13N3OS. The van der Waals surface area contributed by atoms with Gasteiger partial charge in [-0.3, -0.25) is 4.68 Å². The number of hydrogen-bond acceptors (Lipinski definition) is 3. The Balaban J connectivity index is 1.97. The molecule has 1 heterocycles. The Kier molecular flexibility index (Phi) is 3.39. The van der Waals surface area contributed by atoms with Gasteiger partial charge in [0.15, 0.2) is 0 Å². The number of ether oxygens (including phenoxy) is 1. The number of nitrogens with two attached hydrogens (primary N) is 1. The topological polar surface area (TPSA) is 53.1 Å². The van der Waals surface area contributed by atoms with Crippen LogP contribution >= 0.6 is 12.2 Å². The van der Waals surface area contributed by atoms with Crippen molar-refractivity contribution in [1.82, 2.24) is 9.78 Å². The zero-order valence-corrected chi connectivity index (χ0v) is 10.3. The van der Waals surface area contributed by atoms with Crippen molar-refractivity contribution in [2.24, 2.45) is 12.8 Å². The van der Waals surface area contributed by atoms with Gasteiger partial charge in [-0.25, -0.2) is 0 Å². The van der Waals surface area contributed by atoms with E-state index in [4.69, 9.17) is 22.7 Å². The molecule has 88 valence electrons. The predicted octanol–water partition coefficient (Wildman–Crippen LogP) is 1.63. The normalized spacial score (nSPS) is 10.2. The maximum absolute atomic E-state index is 5.60. The van der Waals surface area contributed by atoms with Crippen LogP contribution in [-0.4, -0.2) is 14.8 Å². The van der Waals surface area contributed by atoms with Gasteiger partial charge in [-0.05, 0) is 24.3 Å². The van der Waals surface area contributed by atoms with Gasteiger partial charge >= 0.3 is 0 Å². The van der Waals surface area contributed by atoms with Crippen LogP contribution in [0, 0.1) is 0 Å². The van der Waals surface area contributed by atoms with Crippen molar-refractivity contribution in [1.29, 1.82) is 0 Å². The minimum absolute atomic E-state index is 0.392. The minimum atomic E-state index is 0.392. The lowest BCUT2D eigenvalue weighted by molar-refractivity contribution is 0.306. The molecule has 0 atom stereocenters. The fourth-order valence-electron chi connectivity index (χ4n) is 1.43. The number of aryl methyl sites for hydroxylation is 1. The zero-order valence-electron chi connectivity index (χ0n) is 9.46. The summed E-state index contributed by atoms with van der Waals surface area (Å²) in [7, 11) is 1.88. The van der Waals surface area contributed by atoms with Crippen LogP contribution in [0.2, 0.25) is 0 Å². The Labute approximate surface area is 105 Å². The molecule has 1 aromatic carbocycles. The van der Waals surface area contributed by atoms with Crippen molar-refractivity contribution in [3.8, 4) is 5.75 Å². The molecule has 0 spiro atoms. The third-order valence-corrected chi connectivity index (χ3v) is 2.54. The van der Waals surface area contributed by atoms with Crippen LogP contribution < -0.4 is 10.5 Å². The van der Waals surface area contributed by atoms with E-state index < -0.39 is 0 Å². The molecule has 0 aliphatic carbocycles. The van der Waals surface area contributed by atoms with E-state index >= 15 is 0 Å². The van der Waals surface area contributed by atoms with E-state index in [0.717, 1.165) is 16.9 Å². The van der Waals surface area contributed by atoms with Crippen molar-refractivity contribution in [2.75, 3.05) is 0 Å². The van der Waals surface area contributed by atoms with Gasteiger partial charge < -0.3 is 10.5 Å². The van der Waals surface area contributed by atoms with E-state index in [1.165, 1.54) is 0 Å². The Morgan fingerprint density at radius 2 is 2.12 bits per heavy atom. The highest BCUT2D eigenvalue weighted by Crippen LogP contribution is 2.13. The van der Waals surface area contributed by atoms with E-state index in [0.29, 0.717) is 11.6 Å². The molecule has 0 saturated heterocycles. The van der Waals surface area contributed by atoms with Crippen LogP contribution in [0.3, 0.4) is 0 Å². The molecule has 0 saturated carbocycles. The second-order valence-electron chi connectivity index (χ2n) is 3.70. The Hall–Kier alpha value is -1.88. The van der Waals surface area contributed by atoms with Crippen molar-refractivity contribution in [3.05, 3.63) is 47.8 Å². The minimum Gasteiger partial charge on any atom is -0.489 e. The SMILES string of the molecule is Cn1cc(COc2ccc(C(N)=S)cc2)cn1. The zero-order chi connectivity index (χ0) is 12.3. The largest absolute Gasteiger partial charge is 0.489 e. The van der Waals surface area contributed by atoms with Crippen LogP contribution in [0.4, 0.5) is 0 Å². The summed E-state index contributed by atoms with van der Waals surface area (Å²) in [5, 5.41) is 4.07. The number of rotatable bonds is 4. The molecule has 2 rings (SSSR count). The molecule has 0 unspecified atom stereocenters. The fraction of sp³-hybridized carbons (Fsp3) is 0.167. The predicted molar refractivity (Wildman–Crippen MR) is 69.9 cm³/mol. The van der Waals surface area contributed by atoms with Gasteiger partial charge in [0.05, 0.1) is 6.20 Å². The van der Waals surface area contributed by atoms with Crippen molar-refractivity contribution in [3.63, 3.8) is 0 Å². The highest BCUT2D eigenvalue weighted by atomic mass is 32.1. The lowest BCUT2D eigenvalue weighted by atomic mass is 10.2. The molecule has 0 fully saturated rings. The molecule has 0 aliphatic rings. The average molecular weight is 247 g/mol. The molecule has 2 aromatic rings. The summed E-state index contributed by atoms with van der Waals surface area (Å²) in [6.07, 6.45) is 3.70. The Morgan fingerprint density at radius 3 is 2.65 bits per heavy atom. The molecule has 4 nitrogen and oxygen atoms in total. The van der Waals surface area contributed by atoms with E-state index in [-0.39, 0.29) is 0 Å². The first-order valence-electron chi connectivity index (χ1n) is 5.15. The van der Waals surface area contributed by atoms with Gasteiger partial charge in [0.1, 0.15) is 17.3 Å². The molecule has 5 heteroatoms. The summed E-state index contributed by atoms with van der Waals surface area (Å²) >= 11 is 4.88. The first-order chi connectivity index (χ1) is 8.15. The molecule has 0 bridgehead atoms. The standard InChI is InChI=1S/C12H13N3OS/c1-15-7-9(6-14-15)8-16-11-4-2-10(3-5-11)12(13)17/h2-7H,8H2,1H3,(H2,13,17). The number of nitrogens with zero attached hydrogens (tertiary/aromatic N) is 2. The molecule has 2 N–H and O–H groups in total. The van der Waals surface area contributed by atoms with Gasteiger partial charge in [0.25, 0.3) is 0 Å². The Bertz CT molecular complexity index is 519. The number of thiocarbonyl (C=S) groups is 1. The van der Waals surface area contributed by atoms with E-state index in [2.05, 4.69) is 5.10 Å². The molecule has 1 aromatic heterocycles. The van der Waals surface area contributed by atoms with E-state index in [1.54, 1.807) is 10.9 Å². The van der Waals surface area contributed by atoms with Gasteiger partial charge in [-0.2, -0.15) is 5.10 Å². The van der Waals surface area contributed by atoms with Gasteiger partial charge in [0, 0.05) is 24.4 Å². The average Bonchev–Trinajstić information content (AvgIpc) is 2.73. The van der Waals surface area contributed by atoms with Gasteiger partial charge in [0.2, 0.25) is 0 Å². The van der Waals surface area contributed by atoms with Crippen LogP contribution in [0.15, 0.2) is 36.7 Å². The second kappa shape index (κ2) is 4.97. The van der Waals surface area contributed by atoms with E-state index in [9.17, 15) is 0 Å². The first-order valence-corrected chi connectivity index (χ1v) is 5.56. The van der Waals surface area contributed by atoms with Crippen LogP contribution in [0.25, 0.3) is 0 Å². The third kappa shape index (κ3) is 3.04. The van der Waals surface area contributed by atoms with Crippen LogP contribution in [-0.2, 0) is 13.7 Å². The summed E-state index contributed by atoms with van der Waals surface area (Å²) in [4.78, 5) is 0.392. The number of hydrogen-bond donors (Lipinski definition) is 1. The van der Waals surface area contributed by atoms with Crippen molar-refractivity contribution < 1.29 is 4.74 Å². The molecule has 17 heavy (non-hydrogen) atoms. The number of aromatic nitrogens is 2. The smallest absolute Gasteiger partial charge is 0.119 e. The summed E-state index contributed by atoms with van der Waals surface area (Å²) in [6.45, 7) is 0.500. The number of benzene rings is 1. The summed E-state index contributed by atoms with van der Waals surface area (Å²) in [5.41, 5.74) is 7.39. The molecule has 0 aliphatic heterocycles. The highest BCUT2D eigenvalue weighted by Gasteiger charge is 2.00. The lowest BCUT2D eigenvalue weighted by Gasteiger charge is -2.05. The monoisotopic (exact) mass is 247 g/mol. The second-order valence-corrected chi connectivity index (χ2v) is 4.14. The molecule has 0 amide bonds. The maximum Gasteiger partial charge on any atom is 0.119 e. The third-order valence-electron chi connectivity index (χ3n) is 2.30. The molecular weight excluding hydrogens is 234 g/mol. The summed E-state index contributed by atoms with van der Waals surface area (Å²) < 4.78 is 7.35. The summed E-state index contributed by atoms with van der Waals surface area (Å²) in [5.74, 6) is 0.786.